The lowest BCUT2D eigenvalue weighted by atomic mass is 9.90. The van der Waals surface area contributed by atoms with Crippen LogP contribution < -0.4 is 5.32 Å². The standard InChI is InChI=1S/C13H27NO2/c1-5-7-8-9-13(3,14-10-6-2)11-12(15)16-4/h14H,5-11H2,1-4H3. The summed E-state index contributed by atoms with van der Waals surface area (Å²) >= 11 is 0. The quantitative estimate of drug-likeness (QED) is 0.488. The number of hydrogen-bond acceptors (Lipinski definition) is 3. The molecule has 0 spiro atoms. The van der Waals surface area contributed by atoms with Gasteiger partial charge in [-0.1, -0.05) is 33.1 Å². The topological polar surface area (TPSA) is 38.3 Å². The van der Waals surface area contributed by atoms with Gasteiger partial charge in [-0.2, -0.15) is 0 Å². The summed E-state index contributed by atoms with van der Waals surface area (Å²) in [5.41, 5.74) is -0.0989. The molecule has 0 fully saturated rings. The molecule has 16 heavy (non-hydrogen) atoms. The summed E-state index contributed by atoms with van der Waals surface area (Å²) in [7, 11) is 1.45. The second-order valence-electron chi connectivity index (χ2n) is 4.70. The van der Waals surface area contributed by atoms with E-state index in [1.165, 1.54) is 26.4 Å². The summed E-state index contributed by atoms with van der Waals surface area (Å²) in [5, 5.41) is 3.47. The minimum absolute atomic E-state index is 0.0989. The van der Waals surface area contributed by atoms with Crippen molar-refractivity contribution in [1.82, 2.24) is 5.32 Å². The lowest BCUT2D eigenvalue weighted by Crippen LogP contribution is -2.44. The third kappa shape index (κ3) is 6.83. The van der Waals surface area contributed by atoms with E-state index >= 15 is 0 Å². The van der Waals surface area contributed by atoms with Crippen LogP contribution in [-0.2, 0) is 9.53 Å². The Bertz CT molecular complexity index is 194. The van der Waals surface area contributed by atoms with Crippen molar-refractivity contribution >= 4 is 5.97 Å². The number of hydrogen-bond donors (Lipinski definition) is 1. The predicted molar refractivity (Wildman–Crippen MR) is 67.5 cm³/mol. The molecule has 0 aliphatic carbocycles. The Labute approximate surface area is 99.9 Å². The molecule has 3 nitrogen and oxygen atoms in total. The molecule has 96 valence electrons. The molecule has 3 heteroatoms. The van der Waals surface area contributed by atoms with Crippen LogP contribution in [0.1, 0.15) is 59.3 Å². The third-order valence-corrected chi connectivity index (χ3v) is 2.90. The molecular weight excluding hydrogens is 202 g/mol. The van der Waals surface area contributed by atoms with Gasteiger partial charge >= 0.3 is 5.97 Å². The van der Waals surface area contributed by atoms with E-state index in [9.17, 15) is 4.79 Å². The first-order valence-electron chi connectivity index (χ1n) is 6.39. The first kappa shape index (κ1) is 15.4. The van der Waals surface area contributed by atoms with E-state index < -0.39 is 0 Å². The average Bonchev–Trinajstić information content (AvgIpc) is 2.27. The zero-order valence-corrected chi connectivity index (χ0v) is 11.3. The molecule has 0 saturated carbocycles. The molecule has 0 aromatic carbocycles. The lowest BCUT2D eigenvalue weighted by molar-refractivity contribution is -0.142. The molecule has 0 aliphatic rings. The lowest BCUT2D eigenvalue weighted by Gasteiger charge is -2.30. The van der Waals surface area contributed by atoms with Crippen LogP contribution in [-0.4, -0.2) is 25.2 Å². The van der Waals surface area contributed by atoms with Gasteiger partial charge in [0.2, 0.25) is 0 Å². The molecule has 0 radical (unpaired) electrons. The maximum Gasteiger partial charge on any atom is 0.307 e. The van der Waals surface area contributed by atoms with Crippen LogP contribution >= 0.6 is 0 Å². The maximum atomic E-state index is 11.4. The van der Waals surface area contributed by atoms with Crippen LogP contribution in [0.5, 0.6) is 0 Å². The number of rotatable bonds is 9. The summed E-state index contributed by atoms with van der Waals surface area (Å²) in [5.74, 6) is -0.123. The number of unbranched alkanes of at least 4 members (excludes halogenated alkanes) is 2. The second-order valence-corrected chi connectivity index (χ2v) is 4.70. The summed E-state index contributed by atoms with van der Waals surface area (Å²) in [6.07, 6.45) is 6.20. The normalized spacial score (nSPS) is 14.5. The van der Waals surface area contributed by atoms with Crippen molar-refractivity contribution in [2.24, 2.45) is 0 Å². The molecule has 1 N–H and O–H groups in total. The predicted octanol–water partition coefficient (Wildman–Crippen LogP) is 2.89. The number of methoxy groups -OCH3 is 1. The van der Waals surface area contributed by atoms with E-state index in [4.69, 9.17) is 4.74 Å². The van der Waals surface area contributed by atoms with Crippen molar-refractivity contribution < 1.29 is 9.53 Å². The monoisotopic (exact) mass is 229 g/mol. The first-order chi connectivity index (χ1) is 7.58. The number of carbonyl (C=O) groups excluding carboxylic acids is 1. The zero-order valence-electron chi connectivity index (χ0n) is 11.3. The Morgan fingerprint density at radius 1 is 1.25 bits per heavy atom. The van der Waals surface area contributed by atoms with Crippen molar-refractivity contribution in [3.8, 4) is 0 Å². The zero-order chi connectivity index (χ0) is 12.4. The summed E-state index contributed by atoms with van der Waals surface area (Å²) in [6.45, 7) is 7.41. The van der Waals surface area contributed by atoms with E-state index in [2.05, 4.69) is 26.1 Å². The van der Waals surface area contributed by atoms with Gasteiger partial charge in [-0.25, -0.2) is 0 Å². The van der Waals surface area contributed by atoms with Gasteiger partial charge in [-0.15, -0.1) is 0 Å². The van der Waals surface area contributed by atoms with E-state index in [1.54, 1.807) is 0 Å². The van der Waals surface area contributed by atoms with Crippen molar-refractivity contribution in [3.05, 3.63) is 0 Å². The fourth-order valence-electron chi connectivity index (χ4n) is 1.82. The molecule has 0 bridgehead atoms. The minimum atomic E-state index is -0.123. The Hall–Kier alpha value is -0.570. The van der Waals surface area contributed by atoms with Gasteiger partial charge < -0.3 is 10.1 Å². The molecule has 1 atom stereocenters. The van der Waals surface area contributed by atoms with Gasteiger partial charge in [-0.3, -0.25) is 4.79 Å². The third-order valence-electron chi connectivity index (χ3n) is 2.90. The van der Waals surface area contributed by atoms with Crippen molar-refractivity contribution in [2.45, 2.75) is 64.8 Å². The highest BCUT2D eigenvalue weighted by atomic mass is 16.5. The van der Waals surface area contributed by atoms with Gasteiger partial charge in [0.25, 0.3) is 0 Å². The largest absolute Gasteiger partial charge is 0.469 e. The van der Waals surface area contributed by atoms with Crippen LogP contribution in [0.3, 0.4) is 0 Å². The van der Waals surface area contributed by atoms with Crippen molar-refractivity contribution in [3.63, 3.8) is 0 Å². The Morgan fingerprint density at radius 3 is 2.44 bits per heavy atom. The second kappa shape index (κ2) is 8.57. The van der Waals surface area contributed by atoms with E-state index in [0.29, 0.717) is 6.42 Å². The van der Waals surface area contributed by atoms with Gasteiger partial charge in [0.1, 0.15) is 0 Å². The molecule has 0 aliphatic heterocycles. The Kier molecular flexibility index (Phi) is 8.26. The molecule has 0 rings (SSSR count). The molecule has 1 unspecified atom stereocenters. The number of esters is 1. The fraction of sp³-hybridized carbons (Fsp3) is 0.923. The van der Waals surface area contributed by atoms with Crippen LogP contribution in [0.4, 0.5) is 0 Å². The van der Waals surface area contributed by atoms with E-state index in [1.807, 2.05) is 0 Å². The van der Waals surface area contributed by atoms with Gasteiger partial charge in [0, 0.05) is 5.54 Å². The van der Waals surface area contributed by atoms with E-state index in [0.717, 1.165) is 19.4 Å². The highest BCUT2D eigenvalue weighted by Gasteiger charge is 2.26. The molecule has 0 aromatic heterocycles. The molecule has 0 saturated heterocycles. The van der Waals surface area contributed by atoms with Gasteiger partial charge in [0.15, 0.2) is 0 Å². The minimum Gasteiger partial charge on any atom is -0.469 e. The Balaban J connectivity index is 4.17. The van der Waals surface area contributed by atoms with Crippen LogP contribution in [0.15, 0.2) is 0 Å². The SMILES string of the molecule is CCCCCC(C)(CC(=O)OC)NCCC. The van der Waals surface area contributed by atoms with Crippen LogP contribution in [0, 0.1) is 0 Å². The van der Waals surface area contributed by atoms with Crippen molar-refractivity contribution in [1.29, 1.82) is 0 Å². The van der Waals surface area contributed by atoms with Gasteiger partial charge in [0.05, 0.1) is 13.5 Å². The molecule has 0 amide bonds. The molecule has 0 heterocycles. The highest BCUT2D eigenvalue weighted by Crippen LogP contribution is 2.19. The maximum absolute atomic E-state index is 11.4. The highest BCUT2D eigenvalue weighted by molar-refractivity contribution is 5.70. The smallest absolute Gasteiger partial charge is 0.307 e. The molecular formula is C13H27NO2. The fourth-order valence-corrected chi connectivity index (χ4v) is 1.82. The van der Waals surface area contributed by atoms with Crippen LogP contribution in [0.25, 0.3) is 0 Å². The number of ether oxygens (including phenoxy) is 1. The summed E-state index contributed by atoms with van der Waals surface area (Å²) in [6, 6.07) is 0. The average molecular weight is 229 g/mol. The number of carbonyl (C=O) groups is 1. The molecule has 0 aromatic rings. The van der Waals surface area contributed by atoms with Crippen molar-refractivity contribution in [2.75, 3.05) is 13.7 Å². The van der Waals surface area contributed by atoms with Gasteiger partial charge in [-0.05, 0) is 26.3 Å². The van der Waals surface area contributed by atoms with E-state index in [-0.39, 0.29) is 11.5 Å². The first-order valence-corrected chi connectivity index (χ1v) is 6.39. The Morgan fingerprint density at radius 2 is 1.94 bits per heavy atom. The summed E-state index contributed by atoms with van der Waals surface area (Å²) in [4.78, 5) is 11.4. The number of nitrogens with one attached hydrogen (secondary N) is 1. The summed E-state index contributed by atoms with van der Waals surface area (Å²) < 4.78 is 4.75. The van der Waals surface area contributed by atoms with Crippen LogP contribution in [0.2, 0.25) is 0 Å².